The molecule has 124 valence electrons. The molecular weight excluding hydrogens is 290 g/mol. The Kier molecular flexibility index (Phi) is 4.28. The van der Waals surface area contributed by atoms with Crippen LogP contribution in [0.25, 0.3) is 0 Å². The fourth-order valence-corrected chi connectivity index (χ4v) is 3.49. The van der Waals surface area contributed by atoms with Crippen molar-refractivity contribution in [1.29, 1.82) is 0 Å². The number of urea groups is 1. The molecule has 0 bridgehead atoms. The minimum atomic E-state index is -0.0421. The van der Waals surface area contributed by atoms with E-state index < -0.39 is 0 Å². The molecule has 5 nitrogen and oxygen atoms in total. The number of nitrogens with zero attached hydrogens (tertiary/aromatic N) is 2. The molecule has 5 heteroatoms. The van der Waals surface area contributed by atoms with Crippen LogP contribution in [-0.4, -0.2) is 47.4 Å². The Morgan fingerprint density at radius 2 is 1.87 bits per heavy atom. The van der Waals surface area contributed by atoms with E-state index >= 15 is 0 Å². The molecular formula is C18H25N3O2. The third-order valence-electron chi connectivity index (χ3n) is 4.78. The SMILES string of the molecule is Cc1cc(C)cc(C(C)NC(=O)N2CC(N3CCCC3=O)C2)c1. The Hall–Kier alpha value is -2.04. The number of aryl methyl sites for hydroxylation is 2. The molecule has 2 fully saturated rings. The van der Waals surface area contributed by atoms with E-state index in [2.05, 4.69) is 37.4 Å². The van der Waals surface area contributed by atoms with E-state index in [4.69, 9.17) is 0 Å². The van der Waals surface area contributed by atoms with Crippen molar-refractivity contribution < 1.29 is 9.59 Å². The molecule has 2 aliphatic heterocycles. The predicted octanol–water partition coefficient (Wildman–Crippen LogP) is 2.38. The molecule has 0 radical (unpaired) electrons. The quantitative estimate of drug-likeness (QED) is 0.931. The average Bonchev–Trinajstić information content (AvgIpc) is 2.82. The summed E-state index contributed by atoms with van der Waals surface area (Å²) in [5.41, 5.74) is 3.54. The number of carbonyl (C=O) groups is 2. The third kappa shape index (κ3) is 3.33. The van der Waals surface area contributed by atoms with Crippen molar-refractivity contribution in [3.05, 3.63) is 34.9 Å². The van der Waals surface area contributed by atoms with Crippen LogP contribution in [0.1, 0.15) is 42.5 Å². The van der Waals surface area contributed by atoms with Crippen molar-refractivity contribution in [1.82, 2.24) is 15.1 Å². The highest BCUT2D eigenvalue weighted by Gasteiger charge is 2.38. The van der Waals surface area contributed by atoms with Crippen LogP contribution < -0.4 is 5.32 Å². The fraction of sp³-hybridized carbons (Fsp3) is 0.556. The first-order chi connectivity index (χ1) is 10.9. The van der Waals surface area contributed by atoms with E-state index in [-0.39, 0.29) is 24.0 Å². The minimum Gasteiger partial charge on any atom is -0.336 e. The summed E-state index contributed by atoms with van der Waals surface area (Å²) < 4.78 is 0. The molecule has 1 aromatic carbocycles. The lowest BCUT2D eigenvalue weighted by molar-refractivity contribution is -0.132. The number of carbonyl (C=O) groups excluding carboxylic acids is 2. The largest absolute Gasteiger partial charge is 0.336 e. The van der Waals surface area contributed by atoms with Gasteiger partial charge in [-0.15, -0.1) is 0 Å². The predicted molar refractivity (Wildman–Crippen MR) is 89.2 cm³/mol. The zero-order valence-corrected chi connectivity index (χ0v) is 14.1. The van der Waals surface area contributed by atoms with E-state index in [1.807, 2.05) is 11.8 Å². The van der Waals surface area contributed by atoms with Crippen LogP contribution in [0.5, 0.6) is 0 Å². The number of benzene rings is 1. The van der Waals surface area contributed by atoms with Gasteiger partial charge in [0.05, 0.1) is 12.1 Å². The summed E-state index contributed by atoms with van der Waals surface area (Å²) in [6, 6.07) is 6.50. The molecule has 1 N–H and O–H groups in total. The van der Waals surface area contributed by atoms with Crippen molar-refractivity contribution in [2.75, 3.05) is 19.6 Å². The molecule has 0 aliphatic carbocycles. The first-order valence-corrected chi connectivity index (χ1v) is 8.37. The van der Waals surface area contributed by atoms with Crippen LogP contribution in [0.2, 0.25) is 0 Å². The number of likely N-dealkylation sites (tertiary alicyclic amines) is 2. The molecule has 2 heterocycles. The molecule has 0 spiro atoms. The molecule has 3 rings (SSSR count). The standard InChI is InChI=1S/C18H25N3O2/c1-12-7-13(2)9-15(8-12)14(3)19-18(23)20-10-16(11-20)21-6-4-5-17(21)22/h7-9,14,16H,4-6,10-11H2,1-3H3,(H,19,23). The van der Waals surface area contributed by atoms with Gasteiger partial charge in [-0.25, -0.2) is 4.79 Å². The second kappa shape index (κ2) is 6.22. The van der Waals surface area contributed by atoms with E-state index in [0.717, 1.165) is 18.5 Å². The highest BCUT2D eigenvalue weighted by atomic mass is 16.2. The molecule has 1 atom stereocenters. The van der Waals surface area contributed by atoms with E-state index in [0.29, 0.717) is 19.5 Å². The summed E-state index contributed by atoms with van der Waals surface area (Å²) in [6.45, 7) is 8.29. The Bertz CT molecular complexity index is 602. The number of hydrogen-bond donors (Lipinski definition) is 1. The number of rotatable bonds is 3. The van der Waals surface area contributed by atoms with Crippen molar-refractivity contribution >= 4 is 11.9 Å². The van der Waals surface area contributed by atoms with Gasteiger partial charge in [-0.05, 0) is 32.8 Å². The molecule has 0 saturated carbocycles. The summed E-state index contributed by atoms with van der Waals surface area (Å²) in [5, 5.41) is 3.06. The van der Waals surface area contributed by atoms with Gasteiger partial charge >= 0.3 is 6.03 Å². The maximum atomic E-state index is 12.3. The smallest absolute Gasteiger partial charge is 0.318 e. The van der Waals surface area contributed by atoms with Gasteiger partial charge in [-0.2, -0.15) is 0 Å². The Balaban J connectivity index is 1.53. The average molecular weight is 315 g/mol. The summed E-state index contributed by atoms with van der Waals surface area (Å²) in [5.74, 6) is 0.235. The van der Waals surface area contributed by atoms with Gasteiger partial charge in [0.1, 0.15) is 0 Å². The topological polar surface area (TPSA) is 52.7 Å². The molecule has 1 aromatic rings. The van der Waals surface area contributed by atoms with E-state index in [1.165, 1.54) is 11.1 Å². The van der Waals surface area contributed by atoms with Crippen LogP contribution in [0.15, 0.2) is 18.2 Å². The Labute approximate surface area is 137 Å². The maximum absolute atomic E-state index is 12.3. The lowest BCUT2D eigenvalue weighted by Crippen LogP contribution is -2.63. The maximum Gasteiger partial charge on any atom is 0.318 e. The van der Waals surface area contributed by atoms with Crippen LogP contribution in [0, 0.1) is 13.8 Å². The number of amides is 3. The summed E-state index contributed by atoms with van der Waals surface area (Å²) in [7, 11) is 0. The highest BCUT2D eigenvalue weighted by Crippen LogP contribution is 2.22. The zero-order valence-electron chi connectivity index (χ0n) is 14.1. The molecule has 0 aromatic heterocycles. The first kappa shape index (κ1) is 15.8. The second-order valence-corrected chi connectivity index (χ2v) is 6.84. The lowest BCUT2D eigenvalue weighted by Gasteiger charge is -2.44. The monoisotopic (exact) mass is 315 g/mol. The molecule has 3 amide bonds. The van der Waals surface area contributed by atoms with E-state index in [1.54, 1.807) is 4.90 Å². The summed E-state index contributed by atoms with van der Waals surface area (Å²) >= 11 is 0. The fourth-order valence-electron chi connectivity index (χ4n) is 3.49. The minimum absolute atomic E-state index is 0.0198. The van der Waals surface area contributed by atoms with Crippen LogP contribution in [-0.2, 0) is 4.79 Å². The molecule has 2 aliphatic rings. The van der Waals surface area contributed by atoms with Gasteiger partial charge in [0, 0.05) is 26.1 Å². The Morgan fingerprint density at radius 1 is 1.22 bits per heavy atom. The lowest BCUT2D eigenvalue weighted by atomic mass is 10.0. The van der Waals surface area contributed by atoms with Gasteiger partial charge < -0.3 is 15.1 Å². The Morgan fingerprint density at radius 3 is 2.43 bits per heavy atom. The first-order valence-electron chi connectivity index (χ1n) is 8.37. The van der Waals surface area contributed by atoms with Crippen LogP contribution in [0.4, 0.5) is 4.79 Å². The normalized spacial score (nSPS) is 19.7. The van der Waals surface area contributed by atoms with Crippen LogP contribution >= 0.6 is 0 Å². The summed E-state index contributed by atoms with van der Waals surface area (Å²) in [4.78, 5) is 27.8. The van der Waals surface area contributed by atoms with Crippen LogP contribution in [0.3, 0.4) is 0 Å². The van der Waals surface area contributed by atoms with Crippen molar-refractivity contribution in [2.45, 2.75) is 45.7 Å². The summed E-state index contributed by atoms with van der Waals surface area (Å²) in [6.07, 6.45) is 1.61. The highest BCUT2D eigenvalue weighted by molar-refractivity contribution is 5.80. The number of hydrogen-bond acceptors (Lipinski definition) is 2. The molecule has 23 heavy (non-hydrogen) atoms. The second-order valence-electron chi connectivity index (χ2n) is 6.84. The molecule has 2 saturated heterocycles. The zero-order chi connectivity index (χ0) is 16.6. The van der Waals surface area contributed by atoms with E-state index in [9.17, 15) is 9.59 Å². The van der Waals surface area contributed by atoms with Crippen molar-refractivity contribution in [3.8, 4) is 0 Å². The van der Waals surface area contributed by atoms with Gasteiger partial charge in [-0.1, -0.05) is 29.3 Å². The van der Waals surface area contributed by atoms with Gasteiger partial charge in [-0.3, -0.25) is 4.79 Å². The molecule has 1 unspecified atom stereocenters. The van der Waals surface area contributed by atoms with Gasteiger partial charge in [0.15, 0.2) is 0 Å². The third-order valence-corrected chi connectivity index (χ3v) is 4.78. The van der Waals surface area contributed by atoms with Gasteiger partial charge in [0.25, 0.3) is 0 Å². The van der Waals surface area contributed by atoms with Gasteiger partial charge in [0.2, 0.25) is 5.91 Å². The number of nitrogens with one attached hydrogen (secondary N) is 1. The van der Waals surface area contributed by atoms with Crippen molar-refractivity contribution in [3.63, 3.8) is 0 Å². The van der Waals surface area contributed by atoms with Crippen molar-refractivity contribution in [2.24, 2.45) is 0 Å².